The van der Waals surface area contributed by atoms with Gasteiger partial charge in [0.25, 0.3) is 0 Å². The number of carbonyl (C=O) groups excluding carboxylic acids is 1. The van der Waals surface area contributed by atoms with Crippen LogP contribution < -0.4 is 16.0 Å². The summed E-state index contributed by atoms with van der Waals surface area (Å²) in [5.41, 5.74) is 6.13. The van der Waals surface area contributed by atoms with Gasteiger partial charge in [0.1, 0.15) is 5.82 Å². The van der Waals surface area contributed by atoms with Crippen LogP contribution in [0.3, 0.4) is 0 Å². The summed E-state index contributed by atoms with van der Waals surface area (Å²) >= 11 is 0. The number of rotatable bonds is 2. The molecule has 0 saturated carbocycles. The first-order valence-electron chi connectivity index (χ1n) is 5.99. The second-order valence-corrected chi connectivity index (χ2v) is 4.98. The van der Waals surface area contributed by atoms with E-state index in [1.807, 2.05) is 11.8 Å². The summed E-state index contributed by atoms with van der Waals surface area (Å²) in [6.45, 7) is 3.18. The number of carbonyl (C=O) groups is 1. The molecule has 1 fully saturated rings. The van der Waals surface area contributed by atoms with Crippen LogP contribution in [0, 0.1) is 11.2 Å². The van der Waals surface area contributed by atoms with E-state index in [9.17, 15) is 9.18 Å². The Morgan fingerprint density at radius 1 is 1.56 bits per heavy atom. The van der Waals surface area contributed by atoms with Crippen molar-refractivity contribution in [2.45, 2.75) is 13.3 Å². The van der Waals surface area contributed by atoms with E-state index >= 15 is 0 Å². The Morgan fingerprint density at radius 2 is 2.28 bits per heavy atom. The summed E-state index contributed by atoms with van der Waals surface area (Å²) in [7, 11) is 1.63. The molecule has 1 aliphatic heterocycles. The van der Waals surface area contributed by atoms with Crippen molar-refractivity contribution in [3.63, 3.8) is 0 Å². The molecule has 4 nitrogen and oxygen atoms in total. The molecule has 1 amide bonds. The molecule has 2 rings (SSSR count). The third-order valence-corrected chi connectivity index (χ3v) is 3.62. The Hall–Kier alpha value is -1.78. The summed E-state index contributed by atoms with van der Waals surface area (Å²) in [6, 6.07) is 4.76. The van der Waals surface area contributed by atoms with Crippen molar-refractivity contribution in [3.8, 4) is 0 Å². The van der Waals surface area contributed by atoms with Crippen LogP contribution in [0.4, 0.5) is 15.8 Å². The van der Waals surface area contributed by atoms with Crippen molar-refractivity contribution in [3.05, 3.63) is 24.0 Å². The fourth-order valence-corrected chi connectivity index (χ4v) is 2.46. The van der Waals surface area contributed by atoms with Crippen LogP contribution in [-0.4, -0.2) is 26.0 Å². The molecule has 3 N–H and O–H groups in total. The zero-order chi connectivity index (χ0) is 13.3. The summed E-state index contributed by atoms with van der Waals surface area (Å²) in [6.07, 6.45) is 0.739. The highest BCUT2D eigenvalue weighted by Crippen LogP contribution is 2.36. The normalized spacial score (nSPS) is 23.2. The van der Waals surface area contributed by atoms with E-state index in [-0.39, 0.29) is 11.6 Å². The average Bonchev–Trinajstić information content (AvgIpc) is 2.75. The summed E-state index contributed by atoms with van der Waals surface area (Å²) in [5.74, 6) is -0.402. The first-order valence-corrected chi connectivity index (χ1v) is 5.99. The van der Waals surface area contributed by atoms with Gasteiger partial charge in [0.15, 0.2) is 0 Å². The minimum Gasteiger partial charge on any atom is -0.395 e. The Morgan fingerprint density at radius 3 is 2.94 bits per heavy atom. The van der Waals surface area contributed by atoms with Crippen LogP contribution in [0.5, 0.6) is 0 Å². The number of para-hydroxylation sites is 1. The number of nitrogens with zero attached hydrogens (tertiary/aromatic N) is 1. The molecular formula is C13H18FN3O. The average molecular weight is 251 g/mol. The van der Waals surface area contributed by atoms with Gasteiger partial charge in [-0.1, -0.05) is 6.07 Å². The minimum absolute atomic E-state index is 0.0139. The summed E-state index contributed by atoms with van der Waals surface area (Å²) in [5, 5.41) is 2.67. The number of amides is 1. The number of hydrogen-bond donors (Lipinski definition) is 2. The first kappa shape index (κ1) is 12.7. The van der Waals surface area contributed by atoms with Gasteiger partial charge in [-0.3, -0.25) is 4.79 Å². The monoisotopic (exact) mass is 251 g/mol. The van der Waals surface area contributed by atoms with Crippen molar-refractivity contribution < 1.29 is 9.18 Å². The highest BCUT2D eigenvalue weighted by atomic mass is 19.1. The van der Waals surface area contributed by atoms with Crippen molar-refractivity contribution in [1.82, 2.24) is 5.32 Å². The highest BCUT2D eigenvalue weighted by Gasteiger charge is 2.40. The summed E-state index contributed by atoms with van der Waals surface area (Å²) in [4.78, 5) is 13.8. The lowest BCUT2D eigenvalue weighted by Gasteiger charge is -2.24. The molecule has 1 saturated heterocycles. The fourth-order valence-electron chi connectivity index (χ4n) is 2.46. The van der Waals surface area contributed by atoms with E-state index in [4.69, 9.17) is 5.73 Å². The van der Waals surface area contributed by atoms with Crippen LogP contribution in [0.2, 0.25) is 0 Å². The Balaban J connectivity index is 2.23. The zero-order valence-corrected chi connectivity index (χ0v) is 10.7. The Labute approximate surface area is 106 Å². The molecule has 1 heterocycles. The van der Waals surface area contributed by atoms with Gasteiger partial charge in [-0.15, -0.1) is 0 Å². The smallest absolute Gasteiger partial charge is 0.227 e. The molecule has 0 spiro atoms. The van der Waals surface area contributed by atoms with Gasteiger partial charge in [-0.25, -0.2) is 4.39 Å². The number of hydrogen-bond acceptors (Lipinski definition) is 3. The van der Waals surface area contributed by atoms with Gasteiger partial charge in [-0.05, 0) is 25.5 Å². The highest BCUT2D eigenvalue weighted by molar-refractivity contribution is 5.84. The molecule has 1 atom stereocenters. The molecule has 0 bridgehead atoms. The second-order valence-electron chi connectivity index (χ2n) is 4.98. The van der Waals surface area contributed by atoms with Gasteiger partial charge in [0.05, 0.1) is 16.8 Å². The van der Waals surface area contributed by atoms with Crippen molar-refractivity contribution in [1.29, 1.82) is 0 Å². The molecule has 0 aliphatic carbocycles. The third kappa shape index (κ3) is 2.00. The predicted octanol–water partition coefficient (Wildman–Crippen LogP) is 1.37. The van der Waals surface area contributed by atoms with Gasteiger partial charge in [0, 0.05) is 20.1 Å². The predicted molar refractivity (Wildman–Crippen MR) is 69.8 cm³/mol. The number of nitrogens with one attached hydrogen (secondary N) is 1. The van der Waals surface area contributed by atoms with Crippen LogP contribution in [0.1, 0.15) is 13.3 Å². The van der Waals surface area contributed by atoms with E-state index in [0.717, 1.165) is 6.42 Å². The molecule has 5 heteroatoms. The van der Waals surface area contributed by atoms with Crippen LogP contribution in [-0.2, 0) is 4.79 Å². The minimum atomic E-state index is -0.437. The van der Waals surface area contributed by atoms with E-state index in [1.54, 1.807) is 19.2 Å². The third-order valence-electron chi connectivity index (χ3n) is 3.62. The number of nitrogens with two attached hydrogens (primary N) is 1. The van der Waals surface area contributed by atoms with Crippen molar-refractivity contribution >= 4 is 17.3 Å². The van der Waals surface area contributed by atoms with Crippen LogP contribution in [0.25, 0.3) is 0 Å². The number of nitrogen functional groups attached to an aromatic ring is 1. The maximum Gasteiger partial charge on any atom is 0.227 e. The lowest BCUT2D eigenvalue weighted by Crippen LogP contribution is -2.39. The molecule has 18 heavy (non-hydrogen) atoms. The maximum absolute atomic E-state index is 13.4. The van der Waals surface area contributed by atoms with Crippen molar-refractivity contribution in [2.75, 3.05) is 30.8 Å². The molecule has 1 unspecified atom stereocenters. The Kier molecular flexibility index (Phi) is 3.15. The molecule has 1 aromatic rings. The van der Waals surface area contributed by atoms with Gasteiger partial charge >= 0.3 is 0 Å². The second kappa shape index (κ2) is 4.48. The standard InChI is InChI=1S/C13H18FN3O/c1-13(12(18)16-2)6-7-17(8-13)10-5-3-4-9(14)11(10)15/h3-5H,6-8,15H2,1-2H3,(H,16,18). The topological polar surface area (TPSA) is 58.4 Å². The number of benzene rings is 1. The van der Waals surface area contributed by atoms with Crippen LogP contribution in [0.15, 0.2) is 18.2 Å². The first-order chi connectivity index (χ1) is 8.48. The molecule has 0 radical (unpaired) electrons. The van der Waals surface area contributed by atoms with Crippen LogP contribution >= 0.6 is 0 Å². The number of anilines is 2. The maximum atomic E-state index is 13.4. The van der Waals surface area contributed by atoms with Crippen molar-refractivity contribution in [2.24, 2.45) is 5.41 Å². The van der Waals surface area contributed by atoms with E-state index in [2.05, 4.69) is 5.32 Å². The molecule has 1 aromatic carbocycles. The Bertz CT molecular complexity index is 477. The SMILES string of the molecule is CNC(=O)C1(C)CCN(c2cccc(F)c2N)C1. The molecular weight excluding hydrogens is 233 g/mol. The molecule has 1 aliphatic rings. The van der Waals surface area contributed by atoms with E-state index < -0.39 is 11.2 Å². The summed E-state index contributed by atoms with van der Waals surface area (Å²) < 4.78 is 13.4. The van der Waals surface area contributed by atoms with E-state index in [0.29, 0.717) is 18.8 Å². The van der Waals surface area contributed by atoms with Gasteiger partial charge in [0.2, 0.25) is 5.91 Å². The largest absolute Gasteiger partial charge is 0.395 e. The lowest BCUT2D eigenvalue weighted by atomic mass is 9.89. The fraction of sp³-hybridized carbons (Fsp3) is 0.462. The molecule has 0 aromatic heterocycles. The zero-order valence-electron chi connectivity index (χ0n) is 10.7. The van der Waals surface area contributed by atoms with Gasteiger partial charge in [-0.2, -0.15) is 0 Å². The van der Waals surface area contributed by atoms with Gasteiger partial charge < -0.3 is 16.0 Å². The quantitative estimate of drug-likeness (QED) is 0.780. The molecule has 98 valence electrons. The number of halogens is 1. The van der Waals surface area contributed by atoms with E-state index in [1.165, 1.54) is 6.07 Å². The lowest BCUT2D eigenvalue weighted by molar-refractivity contribution is -0.128.